The number of hydrogen-bond donors (Lipinski definition) is 2. The standard InChI is InChI=1S/C11H13F2NO2/c1-7(4-11(15)16)14-6-8-5-9(12)2-3-10(8)13/h2-3,5,7,14H,4,6H2,1H3,(H,15,16). The normalized spacial score (nSPS) is 12.4. The minimum absolute atomic E-state index is 0.0586. The van der Waals surface area contributed by atoms with Gasteiger partial charge in [-0.25, -0.2) is 8.78 Å². The average molecular weight is 229 g/mol. The van der Waals surface area contributed by atoms with Crippen molar-refractivity contribution in [1.29, 1.82) is 0 Å². The number of rotatable bonds is 5. The van der Waals surface area contributed by atoms with Crippen LogP contribution in [-0.2, 0) is 11.3 Å². The van der Waals surface area contributed by atoms with Crippen LogP contribution in [0.5, 0.6) is 0 Å². The predicted molar refractivity (Wildman–Crippen MR) is 54.9 cm³/mol. The summed E-state index contributed by atoms with van der Waals surface area (Å²) in [5.41, 5.74) is 0.192. The van der Waals surface area contributed by atoms with E-state index in [2.05, 4.69) is 5.32 Å². The number of carboxylic acids is 1. The molecule has 0 aliphatic rings. The highest BCUT2D eigenvalue weighted by molar-refractivity contribution is 5.67. The molecule has 0 aromatic heterocycles. The zero-order valence-corrected chi connectivity index (χ0v) is 8.84. The number of carbonyl (C=O) groups is 1. The van der Waals surface area contributed by atoms with Crippen molar-refractivity contribution in [2.24, 2.45) is 0 Å². The molecule has 1 aromatic rings. The van der Waals surface area contributed by atoms with Crippen LogP contribution in [0.1, 0.15) is 18.9 Å². The summed E-state index contributed by atoms with van der Waals surface area (Å²) >= 11 is 0. The zero-order valence-electron chi connectivity index (χ0n) is 8.84. The number of benzene rings is 1. The Morgan fingerprint density at radius 2 is 2.19 bits per heavy atom. The molecular formula is C11H13F2NO2. The van der Waals surface area contributed by atoms with Gasteiger partial charge in [-0.2, -0.15) is 0 Å². The van der Waals surface area contributed by atoms with Gasteiger partial charge in [0.2, 0.25) is 0 Å². The molecule has 3 nitrogen and oxygen atoms in total. The maximum Gasteiger partial charge on any atom is 0.304 e. The lowest BCUT2D eigenvalue weighted by Crippen LogP contribution is -2.28. The third-order valence-electron chi connectivity index (χ3n) is 2.13. The van der Waals surface area contributed by atoms with Gasteiger partial charge in [0.25, 0.3) is 0 Å². The molecule has 0 fully saturated rings. The maximum atomic E-state index is 13.2. The van der Waals surface area contributed by atoms with E-state index in [0.29, 0.717) is 0 Å². The van der Waals surface area contributed by atoms with E-state index in [9.17, 15) is 13.6 Å². The first-order valence-corrected chi connectivity index (χ1v) is 4.88. The van der Waals surface area contributed by atoms with Gasteiger partial charge in [-0.1, -0.05) is 0 Å². The summed E-state index contributed by atoms with van der Waals surface area (Å²) in [7, 11) is 0. The molecule has 0 spiro atoms. The highest BCUT2D eigenvalue weighted by Gasteiger charge is 2.09. The molecule has 1 unspecified atom stereocenters. The molecule has 88 valence electrons. The van der Waals surface area contributed by atoms with Crippen LogP contribution < -0.4 is 5.32 Å². The first-order chi connectivity index (χ1) is 7.49. The smallest absolute Gasteiger partial charge is 0.304 e. The largest absolute Gasteiger partial charge is 0.481 e. The molecule has 0 heterocycles. The number of hydrogen-bond acceptors (Lipinski definition) is 2. The minimum atomic E-state index is -0.931. The van der Waals surface area contributed by atoms with Gasteiger partial charge in [0.15, 0.2) is 0 Å². The second-order valence-electron chi connectivity index (χ2n) is 3.62. The van der Waals surface area contributed by atoms with Gasteiger partial charge >= 0.3 is 5.97 Å². The van der Waals surface area contributed by atoms with Crippen molar-refractivity contribution in [2.45, 2.75) is 25.9 Å². The van der Waals surface area contributed by atoms with Crippen molar-refractivity contribution in [2.75, 3.05) is 0 Å². The maximum absolute atomic E-state index is 13.2. The number of halogens is 2. The van der Waals surface area contributed by atoms with Crippen LogP contribution in [0.25, 0.3) is 0 Å². The van der Waals surface area contributed by atoms with Gasteiger partial charge in [-0.3, -0.25) is 4.79 Å². The Morgan fingerprint density at radius 3 is 2.81 bits per heavy atom. The molecule has 1 atom stereocenters. The summed E-state index contributed by atoms with van der Waals surface area (Å²) < 4.78 is 26.0. The highest BCUT2D eigenvalue weighted by atomic mass is 19.1. The van der Waals surface area contributed by atoms with Gasteiger partial charge in [0.05, 0.1) is 6.42 Å². The van der Waals surface area contributed by atoms with Gasteiger partial charge < -0.3 is 10.4 Å². The first kappa shape index (κ1) is 12.6. The van der Waals surface area contributed by atoms with Crippen LogP contribution in [0.4, 0.5) is 8.78 Å². The molecule has 0 amide bonds. The molecule has 1 rings (SSSR count). The minimum Gasteiger partial charge on any atom is -0.481 e. The molecule has 0 bridgehead atoms. The van der Waals surface area contributed by atoms with Crippen molar-refractivity contribution in [3.8, 4) is 0 Å². The van der Waals surface area contributed by atoms with Gasteiger partial charge in [-0.15, -0.1) is 0 Å². The summed E-state index contributed by atoms with van der Waals surface area (Å²) in [6, 6.07) is 2.89. The van der Waals surface area contributed by atoms with Crippen molar-refractivity contribution in [1.82, 2.24) is 5.32 Å². The van der Waals surface area contributed by atoms with Gasteiger partial charge in [-0.05, 0) is 25.1 Å². The van der Waals surface area contributed by atoms with Crippen LogP contribution in [-0.4, -0.2) is 17.1 Å². The summed E-state index contributed by atoms with van der Waals surface area (Å²) in [5, 5.41) is 11.3. The third kappa shape index (κ3) is 3.94. The molecular weight excluding hydrogens is 216 g/mol. The summed E-state index contributed by atoms with van der Waals surface area (Å²) in [4.78, 5) is 10.4. The Bertz CT molecular complexity index is 382. The molecule has 0 saturated carbocycles. The average Bonchev–Trinajstić information content (AvgIpc) is 2.18. The van der Waals surface area contributed by atoms with Crippen molar-refractivity contribution in [3.05, 3.63) is 35.4 Å². The molecule has 0 aliphatic carbocycles. The number of aliphatic carboxylic acids is 1. The fraction of sp³-hybridized carbons (Fsp3) is 0.364. The lowest BCUT2D eigenvalue weighted by molar-refractivity contribution is -0.137. The van der Waals surface area contributed by atoms with E-state index < -0.39 is 17.6 Å². The molecule has 5 heteroatoms. The fourth-order valence-electron chi connectivity index (χ4n) is 1.30. The summed E-state index contributed by atoms with van der Waals surface area (Å²) in [5.74, 6) is -1.94. The van der Waals surface area contributed by atoms with Crippen LogP contribution in [0, 0.1) is 11.6 Å². The molecule has 16 heavy (non-hydrogen) atoms. The van der Waals surface area contributed by atoms with E-state index in [0.717, 1.165) is 18.2 Å². The Hall–Kier alpha value is -1.49. The molecule has 1 aromatic carbocycles. The predicted octanol–water partition coefficient (Wildman–Crippen LogP) is 1.92. The van der Waals surface area contributed by atoms with E-state index in [1.54, 1.807) is 6.92 Å². The Morgan fingerprint density at radius 1 is 1.50 bits per heavy atom. The Kier molecular flexibility index (Phi) is 4.37. The monoisotopic (exact) mass is 229 g/mol. The molecule has 2 N–H and O–H groups in total. The van der Waals surface area contributed by atoms with E-state index in [4.69, 9.17) is 5.11 Å². The van der Waals surface area contributed by atoms with E-state index >= 15 is 0 Å². The second-order valence-corrected chi connectivity index (χ2v) is 3.62. The fourth-order valence-corrected chi connectivity index (χ4v) is 1.30. The Labute approximate surface area is 92.1 Å². The van der Waals surface area contributed by atoms with Gasteiger partial charge in [0.1, 0.15) is 11.6 Å². The zero-order chi connectivity index (χ0) is 12.1. The van der Waals surface area contributed by atoms with Crippen LogP contribution in [0.15, 0.2) is 18.2 Å². The van der Waals surface area contributed by atoms with Crippen LogP contribution >= 0.6 is 0 Å². The second kappa shape index (κ2) is 5.55. The van der Waals surface area contributed by atoms with Crippen molar-refractivity contribution in [3.63, 3.8) is 0 Å². The SMILES string of the molecule is CC(CC(=O)O)NCc1cc(F)ccc1F. The van der Waals surface area contributed by atoms with Gasteiger partial charge in [0, 0.05) is 18.2 Å². The number of carboxylic acid groups (broad SMARTS) is 1. The van der Waals surface area contributed by atoms with Crippen molar-refractivity contribution < 1.29 is 18.7 Å². The first-order valence-electron chi connectivity index (χ1n) is 4.88. The lowest BCUT2D eigenvalue weighted by atomic mass is 10.1. The van der Waals surface area contributed by atoms with E-state index in [1.165, 1.54) is 0 Å². The molecule has 0 aliphatic heterocycles. The highest BCUT2D eigenvalue weighted by Crippen LogP contribution is 2.09. The topological polar surface area (TPSA) is 49.3 Å². The van der Waals surface area contributed by atoms with E-state index in [-0.39, 0.29) is 24.6 Å². The van der Waals surface area contributed by atoms with Crippen LogP contribution in [0.3, 0.4) is 0 Å². The number of nitrogens with one attached hydrogen (secondary N) is 1. The summed E-state index contributed by atoms with van der Waals surface area (Å²) in [6.45, 7) is 1.78. The quantitative estimate of drug-likeness (QED) is 0.811. The van der Waals surface area contributed by atoms with Crippen molar-refractivity contribution >= 4 is 5.97 Å². The molecule has 0 saturated heterocycles. The van der Waals surface area contributed by atoms with E-state index in [1.807, 2.05) is 0 Å². The third-order valence-corrected chi connectivity index (χ3v) is 2.13. The molecule has 0 radical (unpaired) electrons. The summed E-state index contributed by atoms with van der Waals surface area (Å²) in [6.07, 6.45) is -0.0586. The van der Waals surface area contributed by atoms with Crippen LogP contribution in [0.2, 0.25) is 0 Å². The Balaban J connectivity index is 2.54. The lowest BCUT2D eigenvalue weighted by Gasteiger charge is -2.11.